The van der Waals surface area contributed by atoms with Crippen molar-refractivity contribution in [2.45, 2.75) is 6.42 Å². The number of nitrogens with two attached hydrogens (primary N) is 2. The van der Waals surface area contributed by atoms with Gasteiger partial charge in [-0.15, -0.1) is 12.3 Å². The number of anilines is 2. The lowest BCUT2D eigenvalue weighted by Gasteiger charge is -2.08. The first-order valence-corrected chi connectivity index (χ1v) is 3.96. The summed E-state index contributed by atoms with van der Waals surface area (Å²) in [6, 6.07) is 5.28. The van der Waals surface area contributed by atoms with E-state index in [-0.39, 0.29) is 0 Å². The topological polar surface area (TPSA) is 61.3 Å². The van der Waals surface area contributed by atoms with Crippen LogP contribution in [-0.2, 0) is 0 Å². The lowest BCUT2D eigenvalue weighted by atomic mass is 10.2. The maximum Gasteiger partial charge on any atom is 0.144 e. The average molecular weight is 176 g/mol. The maximum atomic E-state index is 5.66. The number of hydrogen-bond acceptors (Lipinski definition) is 3. The number of para-hydroxylation sites is 1. The normalized spacial score (nSPS) is 9.15. The zero-order chi connectivity index (χ0) is 9.68. The molecule has 0 saturated heterocycles. The van der Waals surface area contributed by atoms with Gasteiger partial charge in [0, 0.05) is 6.42 Å². The predicted octanol–water partition coefficient (Wildman–Crippen LogP) is 1.25. The van der Waals surface area contributed by atoms with Gasteiger partial charge < -0.3 is 16.2 Å². The molecule has 0 unspecified atom stereocenters. The van der Waals surface area contributed by atoms with Crippen molar-refractivity contribution < 1.29 is 4.74 Å². The van der Waals surface area contributed by atoms with E-state index in [1.54, 1.807) is 18.2 Å². The Balaban J connectivity index is 2.67. The van der Waals surface area contributed by atoms with E-state index in [0.717, 1.165) is 0 Å². The smallest absolute Gasteiger partial charge is 0.144 e. The summed E-state index contributed by atoms with van der Waals surface area (Å²) in [6.07, 6.45) is 5.64. The molecule has 0 heterocycles. The van der Waals surface area contributed by atoms with Gasteiger partial charge in [0.1, 0.15) is 5.75 Å². The Labute approximate surface area is 77.7 Å². The molecular formula is C10H12N2O. The molecule has 3 nitrogen and oxygen atoms in total. The van der Waals surface area contributed by atoms with Gasteiger partial charge in [-0.2, -0.15) is 0 Å². The second-order valence-electron chi connectivity index (χ2n) is 2.56. The van der Waals surface area contributed by atoms with Crippen LogP contribution in [0.25, 0.3) is 0 Å². The molecule has 0 bridgehead atoms. The minimum Gasteiger partial charge on any atom is -0.490 e. The summed E-state index contributed by atoms with van der Waals surface area (Å²) in [6.45, 7) is 0.462. The van der Waals surface area contributed by atoms with Crippen LogP contribution in [0.15, 0.2) is 18.2 Å². The number of terminal acetylenes is 1. The van der Waals surface area contributed by atoms with E-state index in [1.807, 2.05) is 0 Å². The van der Waals surface area contributed by atoms with Crippen molar-refractivity contribution in [3.05, 3.63) is 18.2 Å². The third kappa shape index (κ3) is 2.31. The first kappa shape index (κ1) is 9.27. The second kappa shape index (κ2) is 4.27. The summed E-state index contributed by atoms with van der Waals surface area (Å²) in [5.41, 5.74) is 12.2. The quantitative estimate of drug-likeness (QED) is 0.414. The van der Waals surface area contributed by atoms with E-state index < -0.39 is 0 Å². The van der Waals surface area contributed by atoms with Gasteiger partial charge in [0.15, 0.2) is 0 Å². The first-order chi connectivity index (χ1) is 6.25. The predicted molar refractivity (Wildman–Crippen MR) is 54.2 cm³/mol. The Bertz CT molecular complexity index is 328. The van der Waals surface area contributed by atoms with Crippen molar-refractivity contribution in [1.82, 2.24) is 0 Å². The van der Waals surface area contributed by atoms with Crippen molar-refractivity contribution in [2.24, 2.45) is 0 Å². The van der Waals surface area contributed by atoms with Crippen LogP contribution in [0.2, 0.25) is 0 Å². The summed E-state index contributed by atoms with van der Waals surface area (Å²) in [7, 11) is 0. The van der Waals surface area contributed by atoms with Crippen LogP contribution in [0, 0.1) is 12.3 Å². The standard InChI is InChI=1S/C10H12N2O/c1-2-3-7-13-9-6-4-5-8(11)10(9)12/h1,4-6H,3,7,11-12H2. The highest BCUT2D eigenvalue weighted by Gasteiger charge is 2.01. The molecule has 3 heteroatoms. The molecule has 0 spiro atoms. The van der Waals surface area contributed by atoms with Gasteiger partial charge in [-0.05, 0) is 12.1 Å². The minimum atomic E-state index is 0.462. The van der Waals surface area contributed by atoms with Crippen LogP contribution in [0.4, 0.5) is 11.4 Å². The van der Waals surface area contributed by atoms with E-state index in [2.05, 4.69) is 5.92 Å². The fourth-order valence-electron chi connectivity index (χ4n) is 0.907. The Morgan fingerprint density at radius 1 is 1.38 bits per heavy atom. The molecule has 0 aliphatic heterocycles. The molecule has 1 aromatic carbocycles. The van der Waals surface area contributed by atoms with E-state index in [4.69, 9.17) is 22.6 Å². The van der Waals surface area contributed by atoms with E-state index in [9.17, 15) is 0 Å². The third-order valence-corrected chi connectivity index (χ3v) is 1.60. The molecule has 13 heavy (non-hydrogen) atoms. The fourth-order valence-corrected chi connectivity index (χ4v) is 0.907. The Morgan fingerprint density at radius 2 is 2.15 bits per heavy atom. The molecule has 0 fully saturated rings. The summed E-state index contributed by atoms with van der Waals surface area (Å²) in [5.74, 6) is 3.07. The van der Waals surface area contributed by atoms with Gasteiger partial charge in [0.25, 0.3) is 0 Å². The number of rotatable bonds is 3. The molecule has 0 radical (unpaired) electrons. The Morgan fingerprint density at radius 3 is 2.85 bits per heavy atom. The first-order valence-electron chi connectivity index (χ1n) is 3.96. The number of ether oxygens (including phenoxy) is 1. The van der Waals surface area contributed by atoms with Crippen LogP contribution in [0.5, 0.6) is 5.75 Å². The monoisotopic (exact) mass is 176 g/mol. The van der Waals surface area contributed by atoms with Crippen molar-refractivity contribution in [1.29, 1.82) is 0 Å². The lowest BCUT2D eigenvalue weighted by Crippen LogP contribution is -2.01. The van der Waals surface area contributed by atoms with Gasteiger partial charge >= 0.3 is 0 Å². The van der Waals surface area contributed by atoms with Gasteiger partial charge in [0.05, 0.1) is 18.0 Å². The maximum absolute atomic E-state index is 5.66. The summed E-state index contributed by atoms with van der Waals surface area (Å²) in [4.78, 5) is 0. The van der Waals surface area contributed by atoms with Crippen LogP contribution >= 0.6 is 0 Å². The van der Waals surface area contributed by atoms with Crippen LogP contribution in [-0.4, -0.2) is 6.61 Å². The molecule has 0 amide bonds. The van der Waals surface area contributed by atoms with Crippen LogP contribution < -0.4 is 16.2 Å². The van der Waals surface area contributed by atoms with E-state index in [0.29, 0.717) is 30.2 Å². The van der Waals surface area contributed by atoms with E-state index >= 15 is 0 Å². The molecule has 0 saturated carbocycles. The average Bonchev–Trinajstić information content (AvgIpc) is 2.13. The molecule has 0 aliphatic carbocycles. The molecular weight excluding hydrogens is 164 g/mol. The van der Waals surface area contributed by atoms with Crippen LogP contribution in [0.1, 0.15) is 6.42 Å². The molecule has 0 aromatic heterocycles. The summed E-state index contributed by atoms with van der Waals surface area (Å²) >= 11 is 0. The van der Waals surface area contributed by atoms with E-state index in [1.165, 1.54) is 0 Å². The SMILES string of the molecule is C#CCCOc1cccc(N)c1N. The molecule has 0 atom stereocenters. The van der Waals surface area contributed by atoms with Crippen molar-refractivity contribution in [3.8, 4) is 18.1 Å². The largest absolute Gasteiger partial charge is 0.490 e. The second-order valence-corrected chi connectivity index (χ2v) is 2.56. The Hall–Kier alpha value is -1.82. The zero-order valence-corrected chi connectivity index (χ0v) is 7.29. The van der Waals surface area contributed by atoms with Gasteiger partial charge in [-0.25, -0.2) is 0 Å². The summed E-state index contributed by atoms with van der Waals surface area (Å²) in [5, 5.41) is 0. The van der Waals surface area contributed by atoms with Crippen molar-refractivity contribution in [3.63, 3.8) is 0 Å². The van der Waals surface area contributed by atoms with Crippen molar-refractivity contribution >= 4 is 11.4 Å². The lowest BCUT2D eigenvalue weighted by molar-refractivity contribution is 0.329. The van der Waals surface area contributed by atoms with Gasteiger partial charge in [-0.3, -0.25) is 0 Å². The van der Waals surface area contributed by atoms with Crippen molar-refractivity contribution in [2.75, 3.05) is 18.1 Å². The fraction of sp³-hybridized carbons (Fsp3) is 0.200. The molecule has 68 valence electrons. The Kier molecular flexibility index (Phi) is 3.04. The molecule has 0 aliphatic rings. The van der Waals surface area contributed by atoms with Crippen LogP contribution in [0.3, 0.4) is 0 Å². The zero-order valence-electron chi connectivity index (χ0n) is 7.29. The highest BCUT2D eigenvalue weighted by atomic mass is 16.5. The highest BCUT2D eigenvalue weighted by Crippen LogP contribution is 2.26. The minimum absolute atomic E-state index is 0.462. The third-order valence-electron chi connectivity index (χ3n) is 1.60. The molecule has 1 aromatic rings. The summed E-state index contributed by atoms with van der Waals surface area (Å²) < 4.78 is 5.31. The molecule has 4 N–H and O–H groups in total. The van der Waals surface area contributed by atoms with Gasteiger partial charge in [-0.1, -0.05) is 6.07 Å². The number of benzene rings is 1. The number of hydrogen-bond donors (Lipinski definition) is 2. The van der Waals surface area contributed by atoms with Gasteiger partial charge in [0.2, 0.25) is 0 Å². The number of nitrogen functional groups attached to an aromatic ring is 2. The highest BCUT2D eigenvalue weighted by molar-refractivity contribution is 5.70. The molecule has 1 rings (SSSR count).